The summed E-state index contributed by atoms with van der Waals surface area (Å²) in [6.45, 7) is 4.60. The van der Waals surface area contributed by atoms with Crippen molar-refractivity contribution in [2.45, 2.75) is 71.6 Å². The summed E-state index contributed by atoms with van der Waals surface area (Å²) in [7, 11) is 0. The molecular formula is C16H28O. The van der Waals surface area contributed by atoms with Crippen LogP contribution in [0.4, 0.5) is 0 Å². The molecule has 2 saturated carbocycles. The largest absolute Gasteiger partial charge is 0.299 e. The van der Waals surface area contributed by atoms with Gasteiger partial charge in [-0.25, -0.2) is 0 Å². The molecule has 2 aliphatic rings. The van der Waals surface area contributed by atoms with Crippen molar-refractivity contribution in [2.24, 2.45) is 23.7 Å². The molecule has 17 heavy (non-hydrogen) atoms. The van der Waals surface area contributed by atoms with Crippen molar-refractivity contribution in [1.29, 1.82) is 0 Å². The Hall–Kier alpha value is -0.330. The predicted molar refractivity (Wildman–Crippen MR) is 71.9 cm³/mol. The van der Waals surface area contributed by atoms with Crippen LogP contribution in [0.1, 0.15) is 71.6 Å². The van der Waals surface area contributed by atoms with Crippen molar-refractivity contribution in [1.82, 2.24) is 0 Å². The fourth-order valence-electron chi connectivity index (χ4n) is 3.88. The topological polar surface area (TPSA) is 17.1 Å². The van der Waals surface area contributed by atoms with E-state index in [0.717, 1.165) is 11.8 Å². The average Bonchev–Trinajstić information content (AvgIpc) is 2.38. The predicted octanol–water partition coefficient (Wildman–Crippen LogP) is 4.60. The van der Waals surface area contributed by atoms with E-state index in [1.54, 1.807) is 0 Å². The zero-order chi connectivity index (χ0) is 12.3. The molecule has 2 atom stereocenters. The van der Waals surface area contributed by atoms with Crippen LogP contribution in [-0.4, -0.2) is 5.78 Å². The van der Waals surface area contributed by atoms with E-state index in [0.29, 0.717) is 17.6 Å². The monoisotopic (exact) mass is 236 g/mol. The molecule has 0 aromatic carbocycles. The van der Waals surface area contributed by atoms with Crippen LogP contribution in [0.5, 0.6) is 0 Å². The van der Waals surface area contributed by atoms with Crippen molar-refractivity contribution in [3.8, 4) is 0 Å². The number of Topliss-reactive ketones (excluding diaryl/α,β-unsaturated/α-hetero) is 1. The minimum Gasteiger partial charge on any atom is -0.299 e. The fourth-order valence-corrected chi connectivity index (χ4v) is 3.88. The van der Waals surface area contributed by atoms with Gasteiger partial charge in [0.05, 0.1) is 0 Å². The minimum atomic E-state index is 0.418. The molecule has 0 bridgehead atoms. The van der Waals surface area contributed by atoms with Crippen molar-refractivity contribution in [2.75, 3.05) is 0 Å². The molecule has 2 unspecified atom stereocenters. The standard InChI is InChI=1S/C16H28O/c1-3-13-7-9-14(10-8-13)16(17)15-6-4-5-12(2)11-15/h12-15H,3-11H2,1-2H3. The minimum absolute atomic E-state index is 0.418. The van der Waals surface area contributed by atoms with Crippen molar-refractivity contribution in [3.05, 3.63) is 0 Å². The van der Waals surface area contributed by atoms with Crippen LogP contribution in [-0.2, 0) is 4.79 Å². The second kappa shape index (κ2) is 6.02. The van der Waals surface area contributed by atoms with E-state index in [1.807, 2.05) is 0 Å². The first-order valence-corrected chi connectivity index (χ1v) is 7.74. The summed E-state index contributed by atoms with van der Waals surface area (Å²) in [4.78, 5) is 12.5. The van der Waals surface area contributed by atoms with Crippen LogP contribution < -0.4 is 0 Å². The van der Waals surface area contributed by atoms with Gasteiger partial charge in [0.1, 0.15) is 5.78 Å². The molecule has 0 N–H and O–H groups in total. The first-order valence-electron chi connectivity index (χ1n) is 7.74. The number of ketones is 1. The summed E-state index contributed by atoms with van der Waals surface area (Å²) < 4.78 is 0. The molecule has 1 heteroatoms. The molecule has 0 saturated heterocycles. The van der Waals surface area contributed by atoms with Crippen LogP contribution in [0.3, 0.4) is 0 Å². The Bertz CT molecular complexity index is 250. The number of hydrogen-bond donors (Lipinski definition) is 0. The zero-order valence-corrected chi connectivity index (χ0v) is 11.6. The normalized spacial score (nSPS) is 38.9. The summed E-state index contributed by atoms with van der Waals surface area (Å²) in [6, 6.07) is 0. The van der Waals surface area contributed by atoms with Crippen molar-refractivity contribution < 1.29 is 4.79 Å². The van der Waals surface area contributed by atoms with Crippen LogP contribution >= 0.6 is 0 Å². The molecule has 0 aliphatic heterocycles. The molecule has 2 fully saturated rings. The summed E-state index contributed by atoms with van der Waals surface area (Å²) in [5.41, 5.74) is 0. The lowest BCUT2D eigenvalue weighted by atomic mass is 9.72. The van der Waals surface area contributed by atoms with E-state index >= 15 is 0 Å². The second-order valence-corrected chi connectivity index (χ2v) is 6.50. The van der Waals surface area contributed by atoms with Crippen molar-refractivity contribution in [3.63, 3.8) is 0 Å². The van der Waals surface area contributed by atoms with Crippen molar-refractivity contribution >= 4 is 5.78 Å². The van der Waals surface area contributed by atoms with Gasteiger partial charge >= 0.3 is 0 Å². The summed E-state index contributed by atoms with van der Waals surface area (Å²) in [6.07, 6.45) is 11.2. The van der Waals surface area contributed by atoms with Gasteiger partial charge in [0.25, 0.3) is 0 Å². The SMILES string of the molecule is CCC1CCC(C(=O)C2CCCC(C)C2)CC1. The average molecular weight is 236 g/mol. The lowest BCUT2D eigenvalue weighted by Crippen LogP contribution is -2.30. The Labute approximate surface area is 106 Å². The highest BCUT2D eigenvalue weighted by Gasteiger charge is 2.32. The molecule has 98 valence electrons. The molecule has 0 heterocycles. The molecular weight excluding hydrogens is 208 g/mol. The smallest absolute Gasteiger partial charge is 0.139 e. The van der Waals surface area contributed by atoms with E-state index in [-0.39, 0.29) is 0 Å². The second-order valence-electron chi connectivity index (χ2n) is 6.50. The third-order valence-corrected chi connectivity index (χ3v) is 5.17. The summed E-state index contributed by atoms with van der Waals surface area (Å²) in [5.74, 6) is 3.16. The van der Waals surface area contributed by atoms with Gasteiger partial charge in [-0.3, -0.25) is 4.79 Å². The third-order valence-electron chi connectivity index (χ3n) is 5.17. The Morgan fingerprint density at radius 2 is 1.71 bits per heavy atom. The number of carbonyl (C=O) groups excluding carboxylic acids is 1. The summed E-state index contributed by atoms with van der Waals surface area (Å²) >= 11 is 0. The van der Waals surface area contributed by atoms with Gasteiger partial charge in [-0.15, -0.1) is 0 Å². The molecule has 0 amide bonds. The van der Waals surface area contributed by atoms with Crippen LogP contribution in [0.2, 0.25) is 0 Å². The molecule has 2 rings (SSSR count). The number of hydrogen-bond acceptors (Lipinski definition) is 1. The van der Waals surface area contributed by atoms with Gasteiger partial charge < -0.3 is 0 Å². The zero-order valence-electron chi connectivity index (χ0n) is 11.6. The van der Waals surface area contributed by atoms with Gasteiger partial charge in [-0.05, 0) is 50.4 Å². The number of carbonyl (C=O) groups is 1. The van der Waals surface area contributed by atoms with E-state index < -0.39 is 0 Å². The van der Waals surface area contributed by atoms with Gasteiger partial charge in [-0.2, -0.15) is 0 Å². The van der Waals surface area contributed by atoms with Gasteiger partial charge in [0.15, 0.2) is 0 Å². The Kier molecular flexibility index (Phi) is 4.64. The lowest BCUT2D eigenvalue weighted by molar-refractivity contribution is -0.129. The van der Waals surface area contributed by atoms with E-state index in [2.05, 4.69) is 13.8 Å². The maximum Gasteiger partial charge on any atom is 0.139 e. The van der Waals surface area contributed by atoms with E-state index in [4.69, 9.17) is 0 Å². The first-order chi connectivity index (χ1) is 8.20. The van der Waals surface area contributed by atoms with Crippen LogP contribution in [0, 0.1) is 23.7 Å². The highest BCUT2D eigenvalue weighted by atomic mass is 16.1. The Morgan fingerprint density at radius 3 is 2.29 bits per heavy atom. The van der Waals surface area contributed by atoms with Gasteiger partial charge in [0.2, 0.25) is 0 Å². The van der Waals surface area contributed by atoms with Gasteiger partial charge in [0, 0.05) is 11.8 Å². The molecule has 1 nitrogen and oxygen atoms in total. The van der Waals surface area contributed by atoms with Gasteiger partial charge in [-0.1, -0.05) is 33.1 Å². The number of rotatable bonds is 3. The highest BCUT2D eigenvalue weighted by Crippen LogP contribution is 2.36. The maximum atomic E-state index is 12.5. The van der Waals surface area contributed by atoms with Crippen LogP contribution in [0.15, 0.2) is 0 Å². The highest BCUT2D eigenvalue weighted by molar-refractivity contribution is 5.83. The quantitative estimate of drug-likeness (QED) is 0.700. The molecule has 0 radical (unpaired) electrons. The molecule has 0 aromatic rings. The molecule has 0 spiro atoms. The van der Waals surface area contributed by atoms with E-state index in [1.165, 1.54) is 57.8 Å². The maximum absolute atomic E-state index is 12.5. The molecule has 0 aromatic heterocycles. The Morgan fingerprint density at radius 1 is 1.00 bits per heavy atom. The lowest BCUT2D eigenvalue weighted by Gasteiger charge is -2.32. The Balaban J connectivity index is 1.83. The summed E-state index contributed by atoms with van der Waals surface area (Å²) in [5, 5.41) is 0. The molecule has 2 aliphatic carbocycles. The third kappa shape index (κ3) is 3.33. The van der Waals surface area contributed by atoms with Crippen LogP contribution in [0.25, 0.3) is 0 Å². The van der Waals surface area contributed by atoms with E-state index in [9.17, 15) is 4.79 Å². The fraction of sp³-hybridized carbons (Fsp3) is 0.938. The first kappa shape index (κ1) is 13.1.